The van der Waals surface area contributed by atoms with Gasteiger partial charge in [-0.15, -0.1) is 11.3 Å². The maximum absolute atomic E-state index is 10.8. The summed E-state index contributed by atoms with van der Waals surface area (Å²) in [6, 6.07) is 10.1. The summed E-state index contributed by atoms with van der Waals surface area (Å²) in [5.41, 5.74) is 3.01. The summed E-state index contributed by atoms with van der Waals surface area (Å²) < 4.78 is 0. The van der Waals surface area contributed by atoms with Crippen LogP contribution in [0, 0.1) is 13.8 Å². The molecule has 76 valence electrons. The number of thiophene rings is 1. The predicted molar refractivity (Wildman–Crippen MR) is 64.6 cm³/mol. The third-order valence-electron chi connectivity index (χ3n) is 2.26. The number of aryl methyl sites for hydroxylation is 2. The summed E-state index contributed by atoms with van der Waals surface area (Å²) >= 11 is 1.75. The molecule has 0 saturated heterocycles. The van der Waals surface area contributed by atoms with Crippen molar-refractivity contribution in [3.8, 4) is 10.4 Å². The van der Waals surface area contributed by atoms with Crippen molar-refractivity contribution < 1.29 is 4.79 Å². The lowest BCUT2D eigenvalue weighted by Crippen LogP contribution is -1.83. The van der Waals surface area contributed by atoms with Gasteiger partial charge in [0.05, 0.1) is 0 Å². The van der Waals surface area contributed by atoms with Crippen molar-refractivity contribution in [1.29, 1.82) is 0 Å². The summed E-state index contributed by atoms with van der Waals surface area (Å²) in [5, 5.41) is 0. The summed E-state index contributed by atoms with van der Waals surface area (Å²) in [5.74, 6) is 0. The van der Waals surface area contributed by atoms with E-state index in [0.717, 1.165) is 23.0 Å². The highest BCUT2D eigenvalue weighted by Crippen LogP contribution is 2.28. The minimum Gasteiger partial charge on any atom is -0.298 e. The van der Waals surface area contributed by atoms with Crippen molar-refractivity contribution in [2.75, 3.05) is 0 Å². The van der Waals surface area contributed by atoms with Crippen molar-refractivity contribution in [1.82, 2.24) is 0 Å². The van der Waals surface area contributed by atoms with Crippen LogP contribution >= 0.6 is 11.3 Å². The van der Waals surface area contributed by atoms with Crippen LogP contribution < -0.4 is 0 Å². The first kappa shape index (κ1) is 10.1. The average Bonchev–Trinajstić information content (AvgIpc) is 2.64. The van der Waals surface area contributed by atoms with Gasteiger partial charge in [0, 0.05) is 15.3 Å². The molecule has 0 N–H and O–H groups in total. The van der Waals surface area contributed by atoms with Crippen LogP contribution in [0.2, 0.25) is 0 Å². The first-order chi connectivity index (χ1) is 7.19. The van der Waals surface area contributed by atoms with Gasteiger partial charge in [0.25, 0.3) is 0 Å². The lowest BCUT2D eigenvalue weighted by Gasteiger charge is -2.01. The molecular formula is C13H12OS. The Kier molecular flexibility index (Phi) is 2.69. The van der Waals surface area contributed by atoms with Crippen LogP contribution in [0.15, 0.2) is 30.3 Å². The molecule has 0 saturated carbocycles. The maximum Gasteiger partial charge on any atom is 0.150 e. The summed E-state index contributed by atoms with van der Waals surface area (Å²) in [6.07, 6.45) is 0.900. The van der Waals surface area contributed by atoms with E-state index in [2.05, 4.69) is 25.1 Å². The molecule has 1 aromatic heterocycles. The molecule has 0 atom stereocenters. The fourth-order valence-electron chi connectivity index (χ4n) is 1.61. The van der Waals surface area contributed by atoms with Gasteiger partial charge in [0.1, 0.15) is 6.29 Å². The Morgan fingerprint density at radius 2 is 1.93 bits per heavy atom. The Labute approximate surface area is 93.4 Å². The highest BCUT2D eigenvalue weighted by atomic mass is 32.1. The van der Waals surface area contributed by atoms with Gasteiger partial charge in [-0.1, -0.05) is 6.07 Å². The van der Waals surface area contributed by atoms with E-state index >= 15 is 0 Å². The minimum atomic E-state index is 0.746. The maximum atomic E-state index is 10.8. The van der Waals surface area contributed by atoms with Crippen LogP contribution in [0.1, 0.15) is 20.8 Å². The first-order valence-electron chi connectivity index (χ1n) is 4.83. The number of carbonyl (C=O) groups excluding carboxylic acids is 1. The van der Waals surface area contributed by atoms with Gasteiger partial charge >= 0.3 is 0 Å². The van der Waals surface area contributed by atoms with E-state index < -0.39 is 0 Å². The number of hydrogen-bond donors (Lipinski definition) is 0. The van der Waals surface area contributed by atoms with Crippen LogP contribution in [0.4, 0.5) is 0 Å². The van der Waals surface area contributed by atoms with Crippen molar-refractivity contribution >= 4 is 17.6 Å². The van der Waals surface area contributed by atoms with Crippen LogP contribution in [-0.2, 0) is 0 Å². The van der Waals surface area contributed by atoms with Gasteiger partial charge in [-0.05, 0) is 49.2 Å². The number of rotatable bonds is 2. The molecule has 2 rings (SSSR count). The van der Waals surface area contributed by atoms with Crippen molar-refractivity contribution in [3.05, 3.63) is 46.3 Å². The first-order valence-corrected chi connectivity index (χ1v) is 5.64. The quantitative estimate of drug-likeness (QED) is 0.697. The minimum absolute atomic E-state index is 0.746. The van der Waals surface area contributed by atoms with E-state index in [1.54, 1.807) is 11.3 Å². The van der Waals surface area contributed by atoms with E-state index in [1.165, 1.54) is 9.75 Å². The highest BCUT2D eigenvalue weighted by molar-refractivity contribution is 7.15. The average molecular weight is 216 g/mol. The van der Waals surface area contributed by atoms with Crippen molar-refractivity contribution in [3.63, 3.8) is 0 Å². The van der Waals surface area contributed by atoms with E-state index in [-0.39, 0.29) is 0 Å². The molecule has 0 aliphatic carbocycles. The van der Waals surface area contributed by atoms with Crippen molar-refractivity contribution in [2.24, 2.45) is 0 Å². The monoisotopic (exact) mass is 216 g/mol. The second-order valence-electron chi connectivity index (χ2n) is 3.66. The van der Waals surface area contributed by atoms with E-state index in [0.29, 0.717) is 0 Å². The standard InChI is InChI=1S/C13H12OS/c1-9-5-11(8-14)7-12(6-9)13-4-3-10(2)15-13/h3-8H,1-2H3. The van der Waals surface area contributed by atoms with E-state index in [4.69, 9.17) is 0 Å². The highest BCUT2D eigenvalue weighted by Gasteiger charge is 2.03. The molecule has 1 aromatic carbocycles. The van der Waals surface area contributed by atoms with Gasteiger partial charge < -0.3 is 0 Å². The Hall–Kier alpha value is -1.41. The van der Waals surface area contributed by atoms with Gasteiger partial charge in [0.15, 0.2) is 0 Å². The third-order valence-corrected chi connectivity index (χ3v) is 3.31. The Morgan fingerprint density at radius 3 is 2.53 bits per heavy atom. The smallest absolute Gasteiger partial charge is 0.150 e. The van der Waals surface area contributed by atoms with Gasteiger partial charge in [0.2, 0.25) is 0 Å². The molecule has 2 heteroatoms. The molecule has 15 heavy (non-hydrogen) atoms. The Morgan fingerprint density at radius 1 is 1.13 bits per heavy atom. The molecule has 0 bridgehead atoms. The molecule has 0 radical (unpaired) electrons. The summed E-state index contributed by atoms with van der Waals surface area (Å²) in [6.45, 7) is 4.10. The second kappa shape index (κ2) is 3.99. The molecule has 0 spiro atoms. The molecule has 0 fully saturated rings. The molecule has 0 aliphatic rings. The SMILES string of the molecule is Cc1cc(C=O)cc(-c2ccc(C)s2)c1. The zero-order valence-corrected chi connectivity index (χ0v) is 9.60. The summed E-state index contributed by atoms with van der Waals surface area (Å²) in [4.78, 5) is 13.3. The molecule has 2 aromatic rings. The molecule has 0 unspecified atom stereocenters. The zero-order chi connectivity index (χ0) is 10.8. The molecular weight excluding hydrogens is 204 g/mol. The lowest BCUT2D eigenvalue weighted by atomic mass is 10.1. The van der Waals surface area contributed by atoms with E-state index in [9.17, 15) is 4.79 Å². The molecule has 1 nitrogen and oxygen atoms in total. The van der Waals surface area contributed by atoms with Crippen LogP contribution in [-0.4, -0.2) is 6.29 Å². The second-order valence-corrected chi connectivity index (χ2v) is 4.95. The number of hydrogen-bond acceptors (Lipinski definition) is 2. The molecule has 0 aliphatic heterocycles. The fourth-order valence-corrected chi connectivity index (χ4v) is 2.47. The predicted octanol–water partition coefficient (Wildman–Crippen LogP) is 3.84. The number of benzene rings is 1. The van der Waals surface area contributed by atoms with E-state index in [1.807, 2.05) is 19.1 Å². The van der Waals surface area contributed by atoms with Gasteiger partial charge in [-0.3, -0.25) is 4.79 Å². The summed E-state index contributed by atoms with van der Waals surface area (Å²) in [7, 11) is 0. The Bertz CT molecular complexity index is 497. The largest absolute Gasteiger partial charge is 0.298 e. The van der Waals surface area contributed by atoms with Gasteiger partial charge in [-0.25, -0.2) is 0 Å². The molecule has 0 amide bonds. The molecule has 1 heterocycles. The normalized spacial score (nSPS) is 10.3. The zero-order valence-electron chi connectivity index (χ0n) is 8.78. The lowest BCUT2D eigenvalue weighted by molar-refractivity contribution is 0.112. The number of aldehydes is 1. The van der Waals surface area contributed by atoms with Crippen molar-refractivity contribution in [2.45, 2.75) is 13.8 Å². The Balaban J connectivity index is 2.52. The van der Waals surface area contributed by atoms with Crippen LogP contribution in [0.5, 0.6) is 0 Å². The third kappa shape index (κ3) is 2.16. The fraction of sp³-hybridized carbons (Fsp3) is 0.154. The number of carbonyl (C=O) groups is 1. The topological polar surface area (TPSA) is 17.1 Å². The van der Waals surface area contributed by atoms with Crippen LogP contribution in [0.25, 0.3) is 10.4 Å². The van der Waals surface area contributed by atoms with Crippen LogP contribution in [0.3, 0.4) is 0 Å². The van der Waals surface area contributed by atoms with Gasteiger partial charge in [-0.2, -0.15) is 0 Å².